The molecule has 10 nitrogen and oxygen atoms in total. The third kappa shape index (κ3) is 5.34. The van der Waals surface area contributed by atoms with Gasteiger partial charge in [-0.1, -0.05) is 18.2 Å². The number of anilines is 1. The summed E-state index contributed by atoms with van der Waals surface area (Å²) < 4.78 is 7.95. The summed E-state index contributed by atoms with van der Waals surface area (Å²) in [7, 11) is 3.31. The molecule has 0 spiro atoms. The van der Waals surface area contributed by atoms with Crippen LogP contribution in [0.1, 0.15) is 24.9 Å². The number of nitrogens with one attached hydrogen (secondary N) is 2. The topological polar surface area (TPSA) is 127 Å². The molecule has 0 saturated heterocycles. The van der Waals surface area contributed by atoms with Crippen LogP contribution in [-0.2, 0) is 23.6 Å². The fourth-order valence-electron chi connectivity index (χ4n) is 3.19. The Balaban J connectivity index is 1.87. The van der Waals surface area contributed by atoms with Gasteiger partial charge in [-0.3, -0.25) is 14.3 Å². The van der Waals surface area contributed by atoms with Crippen molar-refractivity contribution in [3.05, 3.63) is 64.8 Å². The molecule has 1 unspecified atom stereocenters. The molecule has 1 atom stereocenters. The number of hydrogen-bond acceptors (Lipinski definition) is 6. The summed E-state index contributed by atoms with van der Waals surface area (Å²) in [5, 5.41) is 19.2. The lowest BCUT2D eigenvalue weighted by Gasteiger charge is -2.20. The number of carbonyl (C=O) groups excluding carboxylic acids is 2. The SMILES string of the molecule is CCOC(=O)CC(NC(=O)Nc1c(O)ccn(C)c1=O)c1cccc(-c2cnn(C)c2)c1. The molecule has 0 fully saturated rings. The van der Waals surface area contributed by atoms with Crippen molar-refractivity contribution in [1.82, 2.24) is 19.7 Å². The first kappa shape index (κ1) is 22.6. The van der Waals surface area contributed by atoms with Gasteiger partial charge in [-0.25, -0.2) is 4.79 Å². The summed E-state index contributed by atoms with van der Waals surface area (Å²) in [4.78, 5) is 37.1. The number of aromatic nitrogens is 3. The van der Waals surface area contributed by atoms with Gasteiger partial charge in [0.1, 0.15) is 5.75 Å². The van der Waals surface area contributed by atoms with Crippen LogP contribution in [0.2, 0.25) is 0 Å². The van der Waals surface area contributed by atoms with E-state index in [1.165, 1.54) is 23.9 Å². The number of pyridine rings is 1. The van der Waals surface area contributed by atoms with Gasteiger partial charge in [0, 0.05) is 32.1 Å². The van der Waals surface area contributed by atoms with Crippen molar-refractivity contribution < 1.29 is 19.4 Å². The smallest absolute Gasteiger partial charge is 0.319 e. The van der Waals surface area contributed by atoms with Crippen molar-refractivity contribution in [2.75, 3.05) is 11.9 Å². The quantitative estimate of drug-likeness (QED) is 0.485. The van der Waals surface area contributed by atoms with Gasteiger partial charge in [0.15, 0.2) is 5.69 Å². The van der Waals surface area contributed by atoms with Crippen molar-refractivity contribution in [2.45, 2.75) is 19.4 Å². The van der Waals surface area contributed by atoms with Gasteiger partial charge in [0.2, 0.25) is 0 Å². The Morgan fingerprint density at radius 1 is 1.22 bits per heavy atom. The number of benzene rings is 1. The number of hydrogen-bond donors (Lipinski definition) is 3. The molecule has 0 saturated carbocycles. The van der Waals surface area contributed by atoms with Crippen molar-refractivity contribution in [3.63, 3.8) is 0 Å². The van der Waals surface area contributed by atoms with E-state index in [9.17, 15) is 19.5 Å². The Labute approximate surface area is 184 Å². The third-order valence-electron chi connectivity index (χ3n) is 4.79. The van der Waals surface area contributed by atoms with E-state index >= 15 is 0 Å². The van der Waals surface area contributed by atoms with Crippen LogP contribution in [0.4, 0.5) is 10.5 Å². The van der Waals surface area contributed by atoms with Gasteiger partial charge in [-0.2, -0.15) is 5.10 Å². The molecule has 0 radical (unpaired) electrons. The van der Waals surface area contributed by atoms with Crippen LogP contribution >= 0.6 is 0 Å². The number of esters is 1. The molecule has 0 aliphatic heterocycles. The van der Waals surface area contributed by atoms with E-state index in [1.807, 2.05) is 31.4 Å². The minimum Gasteiger partial charge on any atom is -0.505 e. The normalized spacial score (nSPS) is 11.6. The largest absolute Gasteiger partial charge is 0.505 e. The molecule has 0 aliphatic rings. The number of aromatic hydroxyl groups is 1. The lowest BCUT2D eigenvalue weighted by atomic mass is 9.99. The maximum atomic E-state index is 12.7. The molecule has 3 aromatic rings. The summed E-state index contributed by atoms with van der Waals surface area (Å²) in [5.74, 6) is -0.841. The zero-order valence-corrected chi connectivity index (χ0v) is 18.0. The van der Waals surface area contributed by atoms with Gasteiger partial charge < -0.3 is 25.0 Å². The second-order valence-corrected chi connectivity index (χ2v) is 7.18. The average molecular weight is 439 g/mol. The van der Waals surface area contributed by atoms with Crippen LogP contribution in [0.15, 0.2) is 53.7 Å². The van der Waals surface area contributed by atoms with E-state index < -0.39 is 23.6 Å². The molecule has 3 rings (SSSR count). The van der Waals surface area contributed by atoms with E-state index in [-0.39, 0.29) is 24.5 Å². The van der Waals surface area contributed by atoms with Gasteiger partial charge in [0.25, 0.3) is 5.56 Å². The molecule has 0 bridgehead atoms. The summed E-state index contributed by atoms with van der Waals surface area (Å²) in [6.07, 6.45) is 4.84. The van der Waals surface area contributed by atoms with Crippen LogP contribution < -0.4 is 16.2 Å². The average Bonchev–Trinajstić information content (AvgIpc) is 3.20. The highest BCUT2D eigenvalue weighted by Crippen LogP contribution is 2.25. The summed E-state index contributed by atoms with van der Waals surface area (Å²) >= 11 is 0. The standard InChI is InChI=1S/C22H25N5O5/c1-4-32-19(29)11-17(15-7-5-6-14(10-15)16-12-23-27(3)13-16)24-22(31)25-20-18(28)8-9-26(2)21(20)30/h5-10,12-13,17,28H,4,11H2,1-3H3,(H2,24,25,31). The van der Waals surface area contributed by atoms with Crippen molar-refractivity contribution >= 4 is 17.7 Å². The van der Waals surface area contributed by atoms with Crippen LogP contribution in [0.25, 0.3) is 11.1 Å². The van der Waals surface area contributed by atoms with Crippen LogP contribution in [0.5, 0.6) is 5.75 Å². The second-order valence-electron chi connectivity index (χ2n) is 7.18. The molecular formula is C22H25N5O5. The third-order valence-corrected chi connectivity index (χ3v) is 4.79. The summed E-state index contributed by atoms with van der Waals surface area (Å²) in [5.41, 5.74) is 1.58. The Hall–Kier alpha value is -4.08. The highest BCUT2D eigenvalue weighted by Gasteiger charge is 2.21. The molecule has 10 heteroatoms. The Kier molecular flexibility index (Phi) is 6.93. The highest BCUT2D eigenvalue weighted by atomic mass is 16.5. The number of carbonyl (C=O) groups is 2. The van der Waals surface area contributed by atoms with E-state index in [2.05, 4.69) is 15.7 Å². The minimum atomic E-state index is -0.746. The Bertz CT molecular complexity index is 1180. The number of urea groups is 1. The fraction of sp³-hybridized carbons (Fsp3) is 0.273. The number of nitrogens with zero attached hydrogens (tertiary/aromatic N) is 3. The molecule has 3 N–H and O–H groups in total. The Morgan fingerprint density at radius 2 is 2.00 bits per heavy atom. The summed E-state index contributed by atoms with van der Waals surface area (Å²) in [6, 6.07) is 7.15. The Morgan fingerprint density at radius 3 is 2.69 bits per heavy atom. The zero-order valence-electron chi connectivity index (χ0n) is 18.0. The number of aryl methyl sites for hydroxylation is 2. The van der Waals surface area contributed by atoms with Crippen LogP contribution in [-0.4, -0.2) is 38.1 Å². The van der Waals surface area contributed by atoms with E-state index in [1.54, 1.807) is 23.9 Å². The van der Waals surface area contributed by atoms with Crippen LogP contribution in [0, 0.1) is 0 Å². The van der Waals surface area contributed by atoms with Crippen molar-refractivity contribution in [3.8, 4) is 16.9 Å². The number of amides is 2. The van der Waals surface area contributed by atoms with Gasteiger partial charge in [-0.15, -0.1) is 0 Å². The van der Waals surface area contributed by atoms with Gasteiger partial charge >= 0.3 is 12.0 Å². The molecule has 168 valence electrons. The molecular weight excluding hydrogens is 414 g/mol. The maximum absolute atomic E-state index is 12.7. The molecule has 0 aliphatic carbocycles. The maximum Gasteiger partial charge on any atom is 0.319 e. The lowest BCUT2D eigenvalue weighted by Crippen LogP contribution is -2.36. The van der Waals surface area contributed by atoms with Crippen LogP contribution in [0.3, 0.4) is 0 Å². The first-order valence-corrected chi connectivity index (χ1v) is 9.99. The number of ether oxygens (including phenoxy) is 1. The van der Waals surface area contributed by atoms with E-state index in [0.29, 0.717) is 5.56 Å². The van der Waals surface area contributed by atoms with Gasteiger partial charge in [-0.05, 0) is 30.2 Å². The minimum absolute atomic E-state index is 0.115. The highest BCUT2D eigenvalue weighted by molar-refractivity contribution is 5.91. The summed E-state index contributed by atoms with van der Waals surface area (Å²) in [6.45, 7) is 1.91. The molecule has 2 heterocycles. The van der Waals surface area contributed by atoms with E-state index in [0.717, 1.165) is 11.1 Å². The van der Waals surface area contributed by atoms with Gasteiger partial charge in [0.05, 0.1) is 25.3 Å². The monoisotopic (exact) mass is 439 g/mol. The van der Waals surface area contributed by atoms with Crippen molar-refractivity contribution in [2.24, 2.45) is 14.1 Å². The van der Waals surface area contributed by atoms with E-state index in [4.69, 9.17) is 4.74 Å². The molecule has 2 aromatic heterocycles. The lowest BCUT2D eigenvalue weighted by molar-refractivity contribution is -0.143. The molecule has 32 heavy (non-hydrogen) atoms. The second kappa shape index (κ2) is 9.82. The predicted molar refractivity (Wildman–Crippen MR) is 118 cm³/mol. The first-order chi connectivity index (χ1) is 15.3. The molecule has 1 aromatic carbocycles. The molecule has 2 amide bonds. The predicted octanol–water partition coefficient (Wildman–Crippen LogP) is 2.31. The number of rotatable bonds is 7. The van der Waals surface area contributed by atoms with Crippen molar-refractivity contribution in [1.29, 1.82) is 0 Å². The first-order valence-electron chi connectivity index (χ1n) is 9.99. The fourth-order valence-corrected chi connectivity index (χ4v) is 3.19. The zero-order chi connectivity index (χ0) is 23.3.